The number of rotatable bonds is 4. The fraction of sp³-hybridized carbons (Fsp3) is 0.160. The topological polar surface area (TPSA) is 57.7 Å². The third-order valence-electron chi connectivity index (χ3n) is 5.67. The lowest BCUT2D eigenvalue weighted by Gasteiger charge is -2.25. The van der Waals surface area contributed by atoms with Crippen molar-refractivity contribution in [1.82, 2.24) is 4.90 Å². The lowest BCUT2D eigenvalue weighted by Crippen LogP contribution is -2.30. The van der Waals surface area contributed by atoms with Gasteiger partial charge in [-0.05, 0) is 49.2 Å². The predicted octanol–water partition coefficient (Wildman–Crippen LogP) is 4.63. The van der Waals surface area contributed by atoms with Gasteiger partial charge in [0, 0.05) is 12.6 Å². The molecule has 0 N–H and O–H groups in total. The molecule has 0 radical (unpaired) electrons. The third kappa shape index (κ3) is 3.18. The molecule has 5 heteroatoms. The van der Waals surface area contributed by atoms with Gasteiger partial charge in [0.1, 0.15) is 0 Å². The minimum absolute atomic E-state index is 0.132. The van der Waals surface area contributed by atoms with Crippen LogP contribution in [0.15, 0.2) is 72.8 Å². The van der Waals surface area contributed by atoms with Crippen molar-refractivity contribution >= 4 is 23.4 Å². The van der Waals surface area contributed by atoms with Gasteiger partial charge in [-0.2, -0.15) is 0 Å². The molecule has 0 bridgehead atoms. The average molecular weight is 398 g/mol. The molecule has 0 aliphatic carbocycles. The summed E-state index contributed by atoms with van der Waals surface area (Å²) in [6.45, 7) is 3.81. The highest BCUT2D eigenvalue weighted by Gasteiger charge is 2.38. The van der Waals surface area contributed by atoms with Crippen molar-refractivity contribution in [3.8, 4) is 0 Å². The summed E-state index contributed by atoms with van der Waals surface area (Å²) >= 11 is 0. The molecule has 0 saturated heterocycles. The van der Waals surface area contributed by atoms with Crippen molar-refractivity contribution in [2.24, 2.45) is 0 Å². The van der Waals surface area contributed by atoms with Gasteiger partial charge in [0.05, 0.1) is 22.9 Å². The van der Waals surface area contributed by atoms with E-state index < -0.39 is 5.91 Å². The van der Waals surface area contributed by atoms with Crippen LogP contribution in [-0.2, 0) is 0 Å². The lowest BCUT2D eigenvalue weighted by molar-refractivity contribution is 0.0742. The number of para-hydroxylation sites is 1. The Labute approximate surface area is 175 Å². The van der Waals surface area contributed by atoms with Crippen molar-refractivity contribution in [2.75, 3.05) is 11.9 Å². The molecule has 30 heavy (non-hydrogen) atoms. The maximum Gasteiger partial charge on any atom is 0.266 e. The minimum atomic E-state index is -0.405. The molecule has 0 saturated carbocycles. The summed E-state index contributed by atoms with van der Waals surface area (Å²) in [5.41, 5.74) is 3.37. The molecule has 1 aliphatic heterocycles. The Balaban J connectivity index is 1.65. The van der Waals surface area contributed by atoms with E-state index in [9.17, 15) is 14.4 Å². The van der Waals surface area contributed by atoms with Gasteiger partial charge < -0.3 is 4.90 Å². The second-order valence-electron chi connectivity index (χ2n) is 7.50. The lowest BCUT2D eigenvalue weighted by atomic mass is 10.0. The normalized spacial score (nSPS) is 13.9. The quantitative estimate of drug-likeness (QED) is 0.602. The Hall–Kier alpha value is -3.73. The molecule has 0 spiro atoms. The number of carbonyl (C=O) groups is 3. The van der Waals surface area contributed by atoms with E-state index in [2.05, 4.69) is 0 Å². The monoisotopic (exact) mass is 398 g/mol. The van der Waals surface area contributed by atoms with Crippen LogP contribution < -0.4 is 4.90 Å². The van der Waals surface area contributed by atoms with Crippen LogP contribution in [0.1, 0.15) is 55.2 Å². The number of hydrogen-bond donors (Lipinski definition) is 0. The molecule has 5 nitrogen and oxygen atoms in total. The van der Waals surface area contributed by atoms with Crippen LogP contribution in [0.3, 0.4) is 0 Å². The van der Waals surface area contributed by atoms with Crippen LogP contribution in [0.4, 0.5) is 5.69 Å². The molecule has 3 aromatic carbocycles. The van der Waals surface area contributed by atoms with Gasteiger partial charge in [-0.15, -0.1) is 0 Å². The fourth-order valence-corrected chi connectivity index (χ4v) is 3.74. The van der Waals surface area contributed by atoms with Gasteiger partial charge in [-0.3, -0.25) is 14.4 Å². The first kappa shape index (κ1) is 19.6. The summed E-state index contributed by atoms with van der Waals surface area (Å²) in [6.07, 6.45) is 0. The van der Waals surface area contributed by atoms with Gasteiger partial charge in [0.15, 0.2) is 0 Å². The largest absolute Gasteiger partial charge is 0.335 e. The van der Waals surface area contributed by atoms with Crippen molar-refractivity contribution in [1.29, 1.82) is 0 Å². The first-order chi connectivity index (χ1) is 14.4. The van der Waals surface area contributed by atoms with Crippen LogP contribution >= 0.6 is 0 Å². The van der Waals surface area contributed by atoms with E-state index in [1.807, 2.05) is 56.3 Å². The second kappa shape index (κ2) is 7.59. The summed E-state index contributed by atoms with van der Waals surface area (Å²) < 4.78 is 0. The first-order valence-electron chi connectivity index (χ1n) is 9.80. The average Bonchev–Trinajstić information content (AvgIpc) is 3.02. The van der Waals surface area contributed by atoms with E-state index in [0.29, 0.717) is 16.8 Å². The van der Waals surface area contributed by atoms with Crippen LogP contribution in [0.5, 0.6) is 0 Å². The molecule has 1 heterocycles. The molecule has 0 aromatic heterocycles. The van der Waals surface area contributed by atoms with Crippen LogP contribution in [0.2, 0.25) is 0 Å². The van der Waals surface area contributed by atoms with Gasteiger partial charge >= 0.3 is 0 Å². The van der Waals surface area contributed by atoms with Crippen molar-refractivity contribution in [3.63, 3.8) is 0 Å². The van der Waals surface area contributed by atoms with E-state index in [4.69, 9.17) is 0 Å². The van der Waals surface area contributed by atoms with E-state index in [0.717, 1.165) is 11.1 Å². The Morgan fingerprint density at radius 1 is 0.867 bits per heavy atom. The summed E-state index contributed by atoms with van der Waals surface area (Å²) in [6, 6.07) is 21.6. The third-order valence-corrected chi connectivity index (χ3v) is 5.67. The molecular formula is C25H22N2O3. The molecular weight excluding hydrogens is 376 g/mol. The number of benzene rings is 3. The molecule has 150 valence electrons. The Morgan fingerprint density at radius 2 is 1.50 bits per heavy atom. The number of amides is 3. The molecule has 1 atom stereocenters. The standard InChI is InChI=1S/C25H22N2O3/c1-16-9-7-8-12-22(16)27-24(29)20-14-13-19(15-21(20)25(27)30)23(28)26(3)17(2)18-10-5-4-6-11-18/h4-15,17H,1-3H3/t17-/m1/s1. The fourth-order valence-electron chi connectivity index (χ4n) is 3.74. The van der Waals surface area contributed by atoms with Crippen molar-refractivity contribution in [3.05, 3.63) is 101 Å². The van der Waals surface area contributed by atoms with Crippen LogP contribution in [0, 0.1) is 6.92 Å². The molecule has 1 aliphatic rings. The van der Waals surface area contributed by atoms with Gasteiger partial charge in [0.25, 0.3) is 17.7 Å². The van der Waals surface area contributed by atoms with E-state index in [-0.39, 0.29) is 23.4 Å². The summed E-state index contributed by atoms with van der Waals surface area (Å²) in [7, 11) is 1.74. The SMILES string of the molecule is Cc1ccccc1N1C(=O)c2ccc(C(=O)N(C)[C@H](C)c3ccccc3)cc2C1=O. The highest BCUT2D eigenvalue weighted by Crippen LogP contribution is 2.31. The van der Waals surface area contributed by atoms with Crippen molar-refractivity contribution < 1.29 is 14.4 Å². The Kier molecular flexibility index (Phi) is 4.96. The highest BCUT2D eigenvalue weighted by molar-refractivity contribution is 6.35. The van der Waals surface area contributed by atoms with E-state index >= 15 is 0 Å². The molecule has 0 fully saturated rings. The number of nitrogens with zero attached hydrogens (tertiary/aromatic N) is 2. The zero-order valence-electron chi connectivity index (χ0n) is 17.1. The first-order valence-corrected chi connectivity index (χ1v) is 9.80. The molecule has 3 aromatic rings. The maximum absolute atomic E-state index is 13.1. The number of imide groups is 1. The molecule has 3 amide bonds. The molecule has 0 unspecified atom stereocenters. The number of carbonyl (C=O) groups excluding carboxylic acids is 3. The van der Waals surface area contributed by atoms with Gasteiger partial charge in [-0.1, -0.05) is 48.5 Å². The highest BCUT2D eigenvalue weighted by atomic mass is 16.2. The second-order valence-corrected chi connectivity index (χ2v) is 7.50. The van der Waals surface area contributed by atoms with E-state index in [1.165, 1.54) is 11.0 Å². The zero-order valence-corrected chi connectivity index (χ0v) is 17.1. The molecule has 4 rings (SSSR count). The number of anilines is 1. The summed E-state index contributed by atoms with van der Waals surface area (Å²) in [5, 5.41) is 0. The maximum atomic E-state index is 13.1. The number of aryl methyl sites for hydroxylation is 1. The zero-order chi connectivity index (χ0) is 21.4. The van der Waals surface area contributed by atoms with E-state index in [1.54, 1.807) is 36.2 Å². The summed E-state index contributed by atoms with van der Waals surface area (Å²) in [5.74, 6) is -0.976. The van der Waals surface area contributed by atoms with Gasteiger partial charge in [0.2, 0.25) is 0 Å². The number of hydrogen-bond acceptors (Lipinski definition) is 3. The van der Waals surface area contributed by atoms with Crippen LogP contribution in [0.25, 0.3) is 0 Å². The van der Waals surface area contributed by atoms with Gasteiger partial charge in [-0.25, -0.2) is 4.90 Å². The summed E-state index contributed by atoms with van der Waals surface area (Å²) in [4.78, 5) is 41.8. The minimum Gasteiger partial charge on any atom is -0.335 e. The Morgan fingerprint density at radius 3 is 2.20 bits per heavy atom. The number of fused-ring (bicyclic) bond motifs is 1. The predicted molar refractivity (Wildman–Crippen MR) is 116 cm³/mol. The smallest absolute Gasteiger partial charge is 0.266 e. The van der Waals surface area contributed by atoms with Crippen LogP contribution in [-0.4, -0.2) is 29.7 Å². The Bertz CT molecular complexity index is 1150. The van der Waals surface area contributed by atoms with Crippen molar-refractivity contribution in [2.45, 2.75) is 19.9 Å².